The summed E-state index contributed by atoms with van der Waals surface area (Å²) in [4.78, 5) is 40.3. The smallest absolute Gasteiger partial charge is 0.255 e. The molecule has 1 aliphatic heterocycles. The molecule has 6 nitrogen and oxygen atoms in total. The number of carbonyl (C=O) groups excluding carboxylic acids is 3. The van der Waals surface area contributed by atoms with Gasteiger partial charge in [-0.2, -0.15) is 0 Å². The number of amides is 3. The topological polar surface area (TPSA) is 75.7 Å². The van der Waals surface area contributed by atoms with Gasteiger partial charge in [-0.3, -0.25) is 14.4 Å². The molecule has 1 saturated heterocycles. The van der Waals surface area contributed by atoms with Crippen molar-refractivity contribution in [1.82, 2.24) is 0 Å². The molecule has 2 bridgehead atoms. The van der Waals surface area contributed by atoms with Gasteiger partial charge in [0.15, 0.2) is 0 Å². The predicted octanol–water partition coefficient (Wildman–Crippen LogP) is 4.65. The molecule has 0 radical (unpaired) electrons. The maximum absolute atomic E-state index is 13.3. The van der Waals surface area contributed by atoms with Crippen LogP contribution in [0.1, 0.15) is 50.9 Å². The molecule has 1 saturated carbocycles. The number of nitrogens with zero attached hydrogens (tertiary/aromatic N) is 1. The third kappa shape index (κ3) is 3.30. The highest BCUT2D eigenvalue weighted by Crippen LogP contribution is 2.60. The van der Waals surface area contributed by atoms with Crippen LogP contribution in [0.4, 0.5) is 11.4 Å². The average Bonchev–Trinajstić information content (AvgIpc) is 2.93. The Morgan fingerprint density at radius 1 is 1.06 bits per heavy atom. The SMILES string of the molecule is CCOc1ccc(NC(=O)c2ccc(N3C(=O)[C@H]4CC[C@@](C)(C3=O)C4(C)C)cc2)cc1. The second-order valence-corrected chi connectivity index (χ2v) is 9.08. The monoisotopic (exact) mass is 420 g/mol. The summed E-state index contributed by atoms with van der Waals surface area (Å²) in [7, 11) is 0. The third-order valence-electron chi connectivity index (χ3n) is 7.23. The van der Waals surface area contributed by atoms with E-state index in [4.69, 9.17) is 4.74 Å². The van der Waals surface area contributed by atoms with Crippen molar-refractivity contribution in [1.29, 1.82) is 0 Å². The van der Waals surface area contributed by atoms with Crippen LogP contribution < -0.4 is 15.0 Å². The summed E-state index contributed by atoms with van der Waals surface area (Å²) < 4.78 is 5.41. The van der Waals surface area contributed by atoms with Crippen LogP contribution in [0.25, 0.3) is 0 Å². The van der Waals surface area contributed by atoms with Crippen LogP contribution >= 0.6 is 0 Å². The summed E-state index contributed by atoms with van der Waals surface area (Å²) in [6.07, 6.45) is 1.45. The Hall–Kier alpha value is -3.15. The standard InChI is InChI=1S/C25H28N2O4/c1-5-31-19-12-8-17(9-13-19)26-21(28)16-6-10-18(11-7-16)27-22(29)20-14-15-25(4,23(27)30)24(20,2)3/h6-13,20H,5,14-15H2,1-4H3,(H,26,28)/t20-,25+/m1/s1. The van der Waals surface area contributed by atoms with Gasteiger partial charge in [0.2, 0.25) is 11.8 Å². The first-order valence-corrected chi connectivity index (χ1v) is 10.7. The fourth-order valence-corrected chi connectivity index (χ4v) is 4.83. The van der Waals surface area contributed by atoms with Gasteiger partial charge < -0.3 is 10.1 Å². The van der Waals surface area contributed by atoms with Crippen molar-refractivity contribution in [3.05, 3.63) is 54.1 Å². The van der Waals surface area contributed by atoms with Crippen molar-refractivity contribution in [3.63, 3.8) is 0 Å². The molecule has 31 heavy (non-hydrogen) atoms. The number of anilines is 2. The normalized spacial score (nSPS) is 24.3. The summed E-state index contributed by atoms with van der Waals surface area (Å²) in [5.41, 5.74) is 0.709. The molecule has 1 heterocycles. The number of fused-ring (bicyclic) bond motifs is 2. The maximum Gasteiger partial charge on any atom is 0.255 e. The van der Waals surface area contributed by atoms with Crippen LogP contribution in [0.3, 0.4) is 0 Å². The van der Waals surface area contributed by atoms with Crippen molar-refractivity contribution >= 4 is 29.1 Å². The number of hydrogen-bond acceptors (Lipinski definition) is 4. The number of ether oxygens (including phenoxy) is 1. The first kappa shape index (κ1) is 21.1. The van der Waals surface area contributed by atoms with Gasteiger partial charge in [0.25, 0.3) is 5.91 Å². The summed E-state index contributed by atoms with van der Waals surface area (Å²) in [6.45, 7) is 8.50. The van der Waals surface area contributed by atoms with Gasteiger partial charge in [-0.15, -0.1) is 0 Å². The van der Waals surface area contributed by atoms with Crippen LogP contribution in [-0.4, -0.2) is 24.3 Å². The van der Waals surface area contributed by atoms with Gasteiger partial charge in [0.1, 0.15) is 5.75 Å². The van der Waals surface area contributed by atoms with Crippen molar-refractivity contribution in [2.75, 3.05) is 16.8 Å². The maximum atomic E-state index is 13.3. The molecule has 2 fully saturated rings. The molecule has 162 valence electrons. The summed E-state index contributed by atoms with van der Waals surface area (Å²) >= 11 is 0. The minimum absolute atomic E-state index is 0.142. The highest BCUT2D eigenvalue weighted by molar-refractivity contribution is 6.20. The lowest BCUT2D eigenvalue weighted by Crippen LogP contribution is -2.59. The zero-order valence-electron chi connectivity index (χ0n) is 18.4. The Morgan fingerprint density at radius 3 is 2.32 bits per heavy atom. The van der Waals surface area contributed by atoms with Crippen LogP contribution in [-0.2, 0) is 9.59 Å². The fourth-order valence-electron chi connectivity index (χ4n) is 4.83. The van der Waals surface area contributed by atoms with Gasteiger partial charge in [-0.05, 0) is 73.7 Å². The average molecular weight is 421 g/mol. The van der Waals surface area contributed by atoms with E-state index in [0.29, 0.717) is 30.0 Å². The summed E-state index contributed by atoms with van der Waals surface area (Å²) in [5, 5.41) is 2.84. The molecule has 4 rings (SSSR count). The van der Waals surface area contributed by atoms with E-state index in [1.807, 2.05) is 27.7 Å². The van der Waals surface area contributed by atoms with E-state index in [0.717, 1.165) is 12.2 Å². The molecule has 2 atom stereocenters. The highest BCUT2D eigenvalue weighted by atomic mass is 16.5. The quantitative estimate of drug-likeness (QED) is 0.714. The highest BCUT2D eigenvalue weighted by Gasteiger charge is 2.64. The predicted molar refractivity (Wildman–Crippen MR) is 119 cm³/mol. The Bertz CT molecular complexity index is 1030. The molecule has 2 aromatic rings. The van der Waals surface area contributed by atoms with Gasteiger partial charge in [-0.1, -0.05) is 20.8 Å². The molecule has 2 aromatic carbocycles. The molecule has 0 unspecified atom stereocenters. The Labute approximate surface area is 182 Å². The molecule has 6 heteroatoms. The number of imide groups is 1. The van der Waals surface area contributed by atoms with Gasteiger partial charge in [0.05, 0.1) is 17.7 Å². The first-order valence-electron chi connectivity index (χ1n) is 10.7. The lowest BCUT2D eigenvalue weighted by atomic mass is 9.62. The van der Waals surface area contributed by atoms with Crippen LogP contribution in [0.15, 0.2) is 48.5 Å². The van der Waals surface area contributed by atoms with E-state index in [1.54, 1.807) is 48.5 Å². The summed E-state index contributed by atoms with van der Waals surface area (Å²) in [5.74, 6) is 0.0176. The largest absolute Gasteiger partial charge is 0.494 e. The minimum atomic E-state index is -0.560. The molecule has 0 spiro atoms. The lowest BCUT2D eigenvalue weighted by Gasteiger charge is -2.47. The zero-order chi connectivity index (χ0) is 22.4. The van der Waals surface area contributed by atoms with Crippen molar-refractivity contribution in [2.24, 2.45) is 16.7 Å². The van der Waals surface area contributed by atoms with Crippen LogP contribution in [0.5, 0.6) is 5.75 Å². The van der Waals surface area contributed by atoms with Crippen molar-refractivity contribution in [2.45, 2.75) is 40.5 Å². The van der Waals surface area contributed by atoms with Crippen LogP contribution in [0, 0.1) is 16.7 Å². The molecule has 1 N–H and O–H groups in total. The summed E-state index contributed by atoms with van der Waals surface area (Å²) in [6, 6.07) is 13.8. The van der Waals surface area contributed by atoms with Crippen molar-refractivity contribution < 1.29 is 19.1 Å². The van der Waals surface area contributed by atoms with E-state index < -0.39 is 5.41 Å². The van der Waals surface area contributed by atoms with E-state index in [2.05, 4.69) is 5.32 Å². The zero-order valence-corrected chi connectivity index (χ0v) is 18.4. The number of rotatable bonds is 5. The molecule has 0 aromatic heterocycles. The number of benzene rings is 2. The fraction of sp³-hybridized carbons (Fsp3) is 0.400. The Balaban J connectivity index is 1.51. The van der Waals surface area contributed by atoms with Crippen molar-refractivity contribution in [3.8, 4) is 5.75 Å². The molecular formula is C25H28N2O4. The number of carbonyl (C=O) groups is 3. The first-order chi connectivity index (χ1) is 14.7. The van der Waals surface area contributed by atoms with E-state index in [9.17, 15) is 14.4 Å². The Kier molecular flexibility index (Phi) is 5.12. The van der Waals surface area contributed by atoms with E-state index in [1.165, 1.54) is 4.90 Å². The van der Waals surface area contributed by atoms with E-state index >= 15 is 0 Å². The number of piperidine rings is 1. The third-order valence-corrected chi connectivity index (χ3v) is 7.23. The lowest BCUT2D eigenvalue weighted by molar-refractivity contribution is -0.146. The molecule has 1 aliphatic carbocycles. The molecular weight excluding hydrogens is 392 g/mol. The second kappa shape index (κ2) is 7.52. The Morgan fingerprint density at radius 2 is 1.71 bits per heavy atom. The number of hydrogen-bond donors (Lipinski definition) is 1. The molecule has 3 amide bonds. The van der Waals surface area contributed by atoms with Crippen LogP contribution in [0.2, 0.25) is 0 Å². The second-order valence-electron chi connectivity index (χ2n) is 9.08. The van der Waals surface area contributed by atoms with Gasteiger partial charge >= 0.3 is 0 Å². The molecule has 2 aliphatic rings. The van der Waals surface area contributed by atoms with Gasteiger partial charge in [-0.25, -0.2) is 4.90 Å². The number of nitrogens with one attached hydrogen (secondary N) is 1. The minimum Gasteiger partial charge on any atom is -0.494 e. The van der Waals surface area contributed by atoms with E-state index in [-0.39, 0.29) is 29.1 Å². The van der Waals surface area contributed by atoms with Gasteiger partial charge in [0, 0.05) is 17.2 Å².